The van der Waals surface area contributed by atoms with Gasteiger partial charge in [0, 0.05) is 12.2 Å². The van der Waals surface area contributed by atoms with E-state index >= 15 is 0 Å². The second-order valence-electron chi connectivity index (χ2n) is 4.29. The minimum absolute atomic E-state index is 0.123. The molecule has 0 aliphatic carbocycles. The highest BCUT2D eigenvalue weighted by Crippen LogP contribution is 2.33. The maximum absolute atomic E-state index is 14.4. The molecule has 0 amide bonds. The molecule has 0 unspecified atom stereocenters. The predicted molar refractivity (Wildman–Crippen MR) is 80.1 cm³/mol. The highest BCUT2D eigenvalue weighted by atomic mass is 79.9. The lowest BCUT2D eigenvalue weighted by Crippen LogP contribution is -2.18. The molecule has 2 aromatic carbocycles. The van der Waals surface area contributed by atoms with E-state index in [-0.39, 0.29) is 15.7 Å². The summed E-state index contributed by atoms with van der Waals surface area (Å²) in [5.74, 6) is -2.34. The Morgan fingerprint density at radius 2 is 2.00 bits per heavy atom. The summed E-state index contributed by atoms with van der Waals surface area (Å²) >= 11 is 2.96. The monoisotopic (exact) mass is 355 g/mol. The van der Waals surface area contributed by atoms with Crippen molar-refractivity contribution in [2.45, 2.75) is 6.92 Å². The van der Waals surface area contributed by atoms with Crippen LogP contribution in [0.2, 0.25) is 0 Å². The van der Waals surface area contributed by atoms with Crippen molar-refractivity contribution in [2.24, 2.45) is 0 Å². The van der Waals surface area contributed by atoms with Crippen molar-refractivity contribution in [1.82, 2.24) is 0 Å². The smallest absolute Gasteiger partial charge is 0.336 e. The van der Waals surface area contributed by atoms with E-state index in [1.54, 1.807) is 17.9 Å². The standard InChI is InChI=1S/C15H12BrF2NO2/c1-2-19(10-5-3-4-9(17)8-10)12-7-6-11(15(20)21)13(16)14(12)18/h3-8H,2H2,1H3,(H,20,21). The molecule has 3 nitrogen and oxygen atoms in total. The Morgan fingerprint density at radius 3 is 2.57 bits per heavy atom. The Kier molecular flexibility index (Phi) is 4.57. The quantitative estimate of drug-likeness (QED) is 0.872. The topological polar surface area (TPSA) is 40.5 Å². The third-order valence-corrected chi connectivity index (χ3v) is 3.79. The van der Waals surface area contributed by atoms with Crippen LogP contribution in [0.1, 0.15) is 17.3 Å². The van der Waals surface area contributed by atoms with Gasteiger partial charge in [0.15, 0.2) is 5.82 Å². The van der Waals surface area contributed by atoms with Gasteiger partial charge in [-0.25, -0.2) is 13.6 Å². The van der Waals surface area contributed by atoms with Crippen molar-refractivity contribution in [1.29, 1.82) is 0 Å². The number of hydrogen-bond donors (Lipinski definition) is 1. The average Bonchev–Trinajstić information content (AvgIpc) is 2.44. The molecule has 0 aliphatic rings. The summed E-state index contributed by atoms with van der Waals surface area (Å²) in [4.78, 5) is 12.5. The molecule has 0 saturated heterocycles. The number of rotatable bonds is 4. The first-order valence-corrected chi connectivity index (χ1v) is 6.99. The van der Waals surface area contributed by atoms with Crippen molar-refractivity contribution >= 4 is 33.3 Å². The van der Waals surface area contributed by atoms with Crippen LogP contribution in [0.15, 0.2) is 40.9 Å². The third kappa shape index (κ3) is 3.05. The van der Waals surface area contributed by atoms with Gasteiger partial charge in [0.2, 0.25) is 0 Å². The zero-order valence-corrected chi connectivity index (χ0v) is 12.7. The Balaban J connectivity index is 2.53. The Bertz CT molecular complexity index is 691. The predicted octanol–water partition coefficient (Wildman–Crippen LogP) is 4.58. The maximum Gasteiger partial charge on any atom is 0.336 e. The van der Waals surface area contributed by atoms with E-state index in [2.05, 4.69) is 15.9 Å². The van der Waals surface area contributed by atoms with E-state index in [4.69, 9.17) is 5.11 Å². The molecule has 0 atom stereocenters. The van der Waals surface area contributed by atoms with Crippen LogP contribution in [-0.4, -0.2) is 17.6 Å². The number of benzene rings is 2. The second-order valence-corrected chi connectivity index (χ2v) is 5.08. The van der Waals surface area contributed by atoms with Crippen LogP contribution in [0, 0.1) is 11.6 Å². The number of anilines is 2. The van der Waals surface area contributed by atoms with Crippen molar-refractivity contribution < 1.29 is 18.7 Å². The van der Waals surface area contributed by atoms with E-state index < -0.39 is 17.6 Å². The highest BCUT2D eigenvalue weighted by molar-refractivity contribution is 9.10. The first-order chi connectivity index (χ1) is 9.95. The van der Waals surface area contributed by atoms with Crippen LogP contribution in [0.25, 0.3) is 0 Å². The van der Waals surface area contributed by atoms with Crippen molar-refractivity contribution in [2.75, 3.05) is 11.4 Å². The lowest BCUT2D eigenvalue weighted by atomic mass is 10.1. The largest absolute Gasteiger partial charge is 0.478 e. The summed E-state index contributed by atoms with van der Waals surface area (Å²) < 4.78 is 27.6. The zero-order valence-electron chi connectivity index (χ0n) is 11.1. The Labute approximate surface area is 128 Å². The molecule has 6 heteroatoms. The highest BCUT2D eigenvalue weighted by Gasteiger charge is 2.20. The van der Waals surface area contributed by atoms with Gasteiger partial charge in [-0.1, -0.05) is 6.07 Å². The van der Waals surface area contributed by atoms with E-state index in [0.717, 1.165) is 0 Å². The molecular weight excluding hydrogens is 344 g/mol. The molecule has 21 heavy (non-hydrogen) atoms. The number of aromatic carboxylic acids is 1. The number of carboxylic acid groups (broad SMARTS) is 1. The van der Waals surface area contributed by atoms with E-state index in [0.29, 0.717) is 12.2 Å². The molecule has 0 aliphatic heterocycles. The summed E-state index contributed by atoms with van der Waals surface area (Å²) in [6, 6.07) is 8.47. The Hall–Kier alpha value is -1.95. The molecule has 1 N–H and O–H groups in total. The van der Waals surface area contributed by atoms with Gasteiger partial charge in [-0.3, -0.25) is 0 Å². The molecule has 0 heterocycles. The van der Waals surface area contributed by atoms with Gasteiger partial charge < -0.3 is 10.0 Å². The van der Waals surface area contributed by atoms with E-state index in [9.17, 15) is 13.6 Å². The van der Waals surface area contributed by atoms with Gasteiger partial charge in [0.25, 0.3) is 0 Å². The first-order valence-electron chi connectivity index (χ1n) is 6.20. The molecule has 0 aromatic heterocycles. The minimum Gasteiger partial charge on any atom is -0.478 e. The minimum atomic E-state index is -1.22. The fraction of sp³-hybridized carbons (Fsp3) is 0.133. The molecule has 0 saturated carbocycles. The molecule has 0 radical (unpaired) electrons. The lowest BCUT2D eigenvalue weighted by Gasteiger charge is -2.24. The normalized spacial score (nSPS) is 10.5. The molecule has 0 bridgehead atoms. The average molecular weight is 356 g/mol. The zero-order chi connectivity index (χ0) is 15.6. The van der Waals surface area contributed by atoms with Crippen LogP contribution < -0.4 is 4.90 Å². The van der Waals surface area contributed by atoms with E-state index in [1.165, 1.54) is 30.3 Å². The van der Waals surface area contributed by atoms with Gasteiger partial charge in [-0.2, -0.15) is 0 Å². The molecule has 0 spiro atoms. The lowest BCUT2D eigenvalue weighted by molar-refractivity contribution is 0.0695. The van der Waals surface area contributed by atoms with Crippen LogP contribution in [0.4, 0.5) is 20.2 Å². The van der Waals surface area contributed by atoms with Crippen LogP contribution in [0.5, 0.6) is 0 Å². The summed E-state index contributed by atoms with van der Waals surface area (Å²) in [5.41, 5.74) is 0.512. The second kappa shape index (κ2) is 6.22. The summed E-state index contributed by atoms with van der Waals surface area (Å²) in [6.45, 7) is 2.20. The van der Waals surface area contributed by atoms with Gasteiger partial charge in [0.05, 0.1) is 15.7 Å². The van der Waals surface area contributed by atoms with Gasteiger partial charge in [0.1, 0.15) is 5.82 Å². The number of nitrogens with zero attached hydrogens (tertiary/aromatic N) is 1. The SMILES string of the molecule is CCN(c1cccc(F)c1)c1ccc(C(=O)O)c(Br)c1F. The third-order valence-electron chi connectivity index (χ3n) is 3.02. The number of halogens is 3. The maximum atomic E-state index is 14.4. The van der Waals surface area contributed by atoms with E-state index in [1.807, 2.05) is 0 Å². The molecular formula is C15H12BrF2NO2. The van der Waals surface area contributed by atoms with Crippen molar-refractivity contribution in [3.63, 3.8) is 0 Å². The van der Waals surface area contributed by atoms with Crippen LogP contribution >= 0.6 is 15.9 Å². The summed E-state index contributed by atoms with van der Waals surface area (Å²) in [5, 5.41) is 8.97. The van der Waals surface area contributed by atoms with Gasteiger partial charge in [-0.05, 0) is 53.2 Å². The Morgan fingerprint density at radius 1 is 1.29 bits per heavy atom. The fourth-order valence-corrected chi connectivity index (χ4v) is 2.55. The molecule has 2 aromatic rings. The van der Waals surface area contributed by atoms with Crippen molar-refractivity contribution in [3.05, 3.63) is 58.1 Å². The fourth-order valence-electron chi connectivity index (χ4n) is 2.05. The number of carbonyl (C=O) groups is 1. The molecule has 2 rings (SSSR count). The number of hydrogen-bond acceptors (Lipinski definition) is 2. The number of carboxylic acids is 1. The molecule has 110 valence electrons. The summed E-state index contributed by atoms with van der Waals surface area (Å²) in [7, 11) is 0. The van der Waals surface area contributed by atoms with Crippen molar-refractivity contribution in [3.8, 4) is 0 Å². The first kappa shape index (κ1) is 15.4. The summed E-state index contributed by atoms with van der Waals surface area (Å²) in [6.07, 6.45) is 0. The van der Waals surface area contributed by atoms with Crippen LogP contribution in [-0.2, 0) is 0 Å². The van der Waals surface area contributed by atoms with Gasteiger partial charge >= 0.3 is 5.97 Å². The van der Waals surface area contributed by atoms with Gasteiger partial charge in [-0.15, -0.1) is 0 Å². The molecule has 0 fully saturated rings. The van der Waals surface area contributed by atoms with Crippen LogP contribution in [0.3, 0.4) is 0 Å².